The molecule has 52 heavy (non-hydrogen) atoms. The number of nitrogens with zero attached hydrogens (tertiary/aromatic N) is 5. The highest BCUT2D eigenvalue weighted by Gasteiger charge is 2.50. The highest BCUT2D eigenvalue weighted by molar-refractivity contribution is 7.23. The lowest BCUT2D eigenvalue weighted by Crippen LogP contribution is -2.28. The highest BCUT2D eigenvalue weighted by atomic mass is 32.1. The molecule has 2 atom stereocenters. The molecular weight excluding hydrogens is 697 g/mol. The second kappa shape index (κ2) is 12.1. The Balaban J connectivity index is 1.21. The molecule has 0 spiro atoms. The summed E-state index contributed by atoms with van der Waals surface area (Å²) in [5.74, 6) is -3.87. The molecule has 1 saturated heterocycles. The van der Waals surface area contributed by atoms with Gasteiger partial charge >= 0.3 is 0 Å². The average molecular weight is 727 g/mol. The van der Waals surface area contributed by atoms with Crippen molar-refractivity contribution in [2.75, 3.05) is 19.0 Å². The van der Waals surface area contributed by atoms with Crippen LogP contribution in [0, 0.1) is 18.6 Å². The maximum absolute atomic E-state index is 15.7. The lowest BCUT2D eigenvalue weighted by Gasteiger charge is -2.22. The molecule has 0 unspecified atom stereocenters. The number of carbonyl (C=O) groups is 1. The first-order chi connectivity index (χ1) is 25.1. The number of methoxy groups -OCH3 is 1. The fourth-order valence-electron chi connectivity index (χ4n) is 7.88. The van der Waals surface area contributed by atoms with Gasteiger partial charge in [0.25, 0.3) is 11.8 Å². The van der Waals surface area contributed by atoms with Gasteiger partial charge in [-0.2, -0.15) is 0 Å². The van der Waals surface area contributed by atoms with Crippen LogP contribution < -0.4 is 10.1 Å². The minimum absolute atomic E-state index is 0.114. The van der Waals surface area contributed by atoms with Crippen LogP contribution in [-0.4, -0.2) is 50.5 Å². The first-order valence-corrected chi connectivity index (χ1v) is 17.7. The van der Waals surface area contributed by atoms with Gasteiger partial charge in [0.05, 0.1) is 40.4 Å². The molecule has 1 fully saturated rings. The van der Waals surface area contributed by atoms with Gasteiger partial charge in [0.1, 0.15) is 17.7 Å². The molecule has 1 N–H and O–H groups in total. The van der Waals surface area contributed by atoms with Gasteiger partial charge in [0, 0.05) is 42.1 Å². The van der Waals surface area contributed by atoms with Crippen LogP contribution in [0.25, 0.3) is 32.0 Å². The van der Waals surface area contributed by atoms with E-state index in [0.29, 0.717) is 68.3 Å². The van der Waals surface area contributed by atoms with Crippen molar-refractivity contribution in [1.29, 1.82) is 0 Å². The predicted molar refractivity (Wildman–Crippen MR) is 186 cm³/mol. The Kier molecular flexibility index (Phi) is 7.58. The second-order valence-electron chi connectivity index (χ2n) is 13.3. The molecule has 14 heteroatoms. The molecule has 2 aliphatic heterocycles. The highest BCUT2D eigenvalue weighted by Crippen LogP contribution is 2.52. The predicted octanol–water partition coefficient (Wildman–Crippen LogP) is 8.42. The fourth-order valence-corrected chi connectivity index (χ4v) is 9.05. The summed E-state index contributed by atoms with van der Waals surface area (Å²) in [6, 6.07) is 10.8. The molecule has 4 aromatic heterocycles. The van der Waals surface area contributed by atoms with Crippen LogP contribution in [0.4, 0.5) is 23.4 Å². The number of anilines is 1. The summed E-state index contributed by atoms with van der Waals surface area (Å²) in [5.41, 5.74) is 4.16. The van der Waals surface area contributed by atoms with Gasteiger partial charge < -0.3 is 19.4 Å². The number of aryl methyl sites for hydroxylation is 3. The lowest BCUT2D eigenvalue weighted by molar-refractivity contribution is -0.00736. The van der Waals surface area contributed by atoms with Gasteiger partial charge in [-0.05, 0) is 72.5 Å². The summed E-state index contributed by atoms with van der Waals surface area (Å²) in [4.78, 5) is 26.4. The monoisotopic (exact) mass is 726 g/mol. The van der Waals surface area contributed by atoms with Crippen molar-refractivity contribution < 1.29 is 31.5 Å². The van der Waals surface area contributed by atoms with E-state index < -0.39 is 24.2 Å². The average Bonchev–Trinajstić information content (AvgIpc) is 3.95. The lowest BCUT2D eigenvalue weighted by atomic mass is 9.93. The Labute approximate surface area is 298 Å². The third-order valence-electron chi connectivity index (χ3n) is 10.2. The summed E-state index contributed by atoms with van der Waals surface area (Å²) >= 11 is 1.30. The minimum atomic E-state index is -3.26. The summed E-state index contributed by atoms with van der Waals surface area (Å²) in [5, 5.41) is 12.2. The van der Waals surface area contributed by atoms with Gasteiger partial charge in [-0.3, -0.25) is 9.78 Å². The van der Waals surface area contributed by atoms with Crippen molar-refractivity contribution in [3.8, 4) is 27.6 Å². The molecule has 1 aliphatic carbocycles. The Bertz CT molecular complexity index is 2410. The molecule has 0 radical (unpaired) electrons. The van der Waals surface area contributed by atoms with Crippen molar-refractivity contribution in [1.82, 2.24) is 25.1 Å². The summed E-state index contributed by atoms with van der Waals surface area (Å²) in [6.45, 7) is 2.29. The number of aromatic nitrogens is 4. The number of rotatable bonds is 8. The van der Waals surface area contributed by atoms with Crippen molar-refractivity contribution >= 4 is 33.1 Å². The van der Waals surface area contributed by atoms with E-state index in [1.54, 1.807) is 25.1 Å². The van der Waals surface area contributed by atoms with Gasteiger partial charge in [0.15, 0.2) is 11.6 Å². The summed E-state index contributed by atoms with van der Waals surface area (Å²) in [6.07, 6.45) is 3.45. The molecule has 2 aromatic carbocycles. The molecule has 0 saturated carbocycles. The van der Waals surface area contributed by atoms with E-state index in [9.17, 15) is 13.6 Å². The quantitative estimate of drug-likeness (QED) is 0.156. The standard InChI is InChI=1S/C38H30F4N6O3S/c1-18-46-47-36(51-18)28-25(12-7-19-5-8-21(39)9-6-19)44-31-26-4-3-15-48(26)37(49)30(31)29(28)27-16-20-13-14-43-35(33(20)52-27)45-34-22-10-11-24(40)32(50-2)23(22)17-38(34,41)42/h5-6,8-11,13-14,16,26,34H,3-4,7,12,15,17H2,1-2H3,(H,43,45)/t26-,34+/m0/s1. The number of alkyl halides is 2. The van der Waals surface area contributed by atoms with Crippen molar-refractivity contribution in [2.45, 2.75) is 57.0 Å². The number of nitrogens with one attached hydrogen (secondary N) is 1. The number of amides is 1. The number of fused-ring (bicyclic) bond motifs is 5. The first-order valence-electron chi connectivity index (χ1n) is 16.9. The largest absolute Gasteiger partial charge is 0.493 e. The Morgan fingerprint density at radius 2 is 1.88 bits per heavy atom. The smallest absolute Gasteiger partial charge is 0.276 e. The van der Waals surface area contributed by atoms with Crippen LogP contribution in [0.3, 0.4) is 0 Å². The zero-order valence-corrected chi connectivity index (χ0v) is 28.8. The van der Waals surface area contributed by atoms with Crippen molar-refractivity contribution in [3.63, 3.8) is 0 Å². The molecule has 0 bridgehead atoms. The number of carbonyl (C=O) groups excluding carboxylic acids is 1. The molecule has 264 valence electrons. The first kappa shape index (κ1) is 32.5. The van der Waals surface area contributed by atoms with E-state index in [2.05, 4.69) is 20.5 Å². The topological polar surface area (TPSA) is 106 Å². The molecular formula is C38H30F4N6O3S. The number of pyridine rings is 2. The SMILES string of the molecule is COc1c(F)ccc2c1CC(F)(F)[C@@H]2Nc1nccc2cc(-c3c4c(nc(CCc5ccc(F)cc5)c3-c3nnc(C)o3)[C@@H]3CCCN3C4=O)sc12. The zero-order valence-electron chi connectivity index (χ0n) is 28.0. The Morgan fingerprint density at radius 1 is 1.06 bits per heavy atom. The van der Waals surface area contributed by atoms with E-state index in [0.717, 1.165) is 24.5 Å². The molecule has 3 aliphatic rings. The second-order valence-corrected chi connectivity index (χ2v) is 14.4. The number of benzene rings is 2. The molecule has 6 aromatic rings. The number of thiophene rings is 1. The molecule has 9 nitrogen and oxygen atoms in total. The van der Waals surface area contributed by atoms with Crippen LogP contribution >= 0.6 is 11.3 Å². The summed E-state index contributed by atoms with van der Waals surface area (Å²) in [7, 11) is 1.26. The van der Waals surface area contributed by atoms with Crippen LogP contribution in [-0.2, 0) is 19.3 Å². The minimum Gasteiger partial charge on any atom is -0.493 e. The molecule has 9 rings (SSSR count). The summed E-state index contributed by atoms with van der Waals surface area (Å²) < 4.78 is 71.3. The Hall–Kier alpha value is -5.37. The van der Waals surface area contributed by atoms with E-state index in [1.807, 2.05) is 11.0 Å². The van der Waals surface area contributed by atoms with E-state index >= 15 is 8.78 Å². The van der Waals surface area contributed by atoms with E-state index in [4.69, 9.17) is 14.1 Å². The van der Waals surface area contributed by atoms with Gasteiger partial charge in [-0.25, -0.2) is 22.5 Å². The number of hydrogen-bond acceptors (Lipinski definition) is 9. The van der Waals surface area contributed by atoms with Gasteiger partial charge in [-0.15, -0.1) is 21.5 Å². The third-order valence-corrected chi connectivity index (χ3v) is 11.4. The van der Waals surface area contributed by atoms with Gasteiger partial charge in [0.2, 0.25) is 11.8 Å². The van der Waals surface area contributed by atoms with Crippen LogP contribution in [0.1, 0.15) is 69.3 Å². The van der Waals surface area contributed by atoms with Crippen molar-refractivity contribution in [3.05, 3.63) is 106 Å². The number of hydrogen-bond donors (Lipinski definition) is 1. The van der Waals surface area contributed by atoms with Crippen LogP contribution in [0.5, 0.6) is 5.75 Å². The van der Waals surface area contributed by atoms with Crippen molar-refractivity contribution in [2.24, 2.45) is 0 Å². The number of halogens is 4. The maximum atomic E-state index is 15.7. The number of ether oxygens (including phenoxy) is 1. The molecule has 1 amide bonds. The zero-order chi connectivity index (χ0) is 35.9. The van der Waals surface area contributed by atoms with Crippen LogP contribution in [0.15, 0.2) is 59.1 Å². The fraction of sp³-hybridized carbons (Fsp3) is 0.289. The van der Waals surface area contributed by atoms with E-state index in [-0.39, 0.29) is 46.4 Å². The normalized spacial score (nSPS) is 18.6. The Morgan fingerprint density at radius 3 is 2.65 bits per heavy atom. The molecule has 6 heterocycles. The van der Waals surface area contributed by atoms with Crippen LogP contribution in [0.2, 0.25) is 0 Å². The third kappa shape index (κ3) is 5.13. The van der Waals surface area contributed by atoms with Gasteiger partial charge in [-0.1, -0.05) is 18.2 Å². The maximum Gasteiger partial charge on any atom is 0.276 e. The van der Waals surface area contributed by atoms with E-state index in [1.165, 1.54) is 42.8 Å².